The minimum atomic E-state index is -0.929. The fourth-order valence-electron chi connectivity index (χ4n) is 3.97. The van der Waals surface area contributed by atoms with E-state index < -0.39 is 5.97 Å². The molecule has 0 aromatic heterocycles. The predicted molar refractivity (Wildman–Crippen MR) is 134 cm³/mol. The Bertz CT molecular complexity index is 975. The Morgan fingerprint density at radius 2 is 1.38 bits per heavy atom. The molecule has 0 fully saturated rings. The predicted octanol–water partition coefficient (Wildman–Crippen LogP) is 6.93. The maximum absolute atomic E-state index is 11.4. The number of para-hydroxylation sites is 1. The summed E-state index contributed by atoms with van der Waals surface area (Å²) in [5, 5.41) is 12.5. The molecule has 0 atom stereocenters. The second-order valence-corrected chi connectivity index (χ2v) is 8.18. The van der Waals surface area contributed by atoms with E-state index in [4.69, 9.17) is 0 Å². The minimum absolute atomic E-state index is 0.273. The molecular weight excluding hydrogens is 396 g/mol. The van der Waals surface area contributed by atoms with Gasteiger partial charge in [-0.1, -0.05) is 50.2 Å². The summed E-state index contributed by atoms with van der Waals surface area (Å²) in [5.41, 5.74) is 5.76. The topological polar surface area (TPSA) is 52.6 Å². The van der Waals surface area contributed by atoms with Gasteiger partial charge in [0.05, 0.1) is 11.3 Å². The van der Waals surface area contributed by atoms with Crippen LogP contribution in [-0.2, 0) is 12.8 Å². The number of rotatable bonds is 12. The fraction of sp³-hybridized carbons (Fsp3) is 0.321. The van der Waals surface area contributed by atoms with Crippen molar-refractivity contribution in [2.24, 2.45) is 0 Å². The van der Waals surface area contributed by atoms with Crippen LogP contribution in [0.3, 0.4) is 0 Å². The molecule has 4 nitrogen and oxygen atoms in total. The van der Waals surface area contributed by atoms with Crippen molar-refractivity contribution >= 4 is 23.0 Å². The average Bonchev–Trinajstić information content (AvgIpc) is 2.81. The van der Waals surface area contributed by atoms with Gasteiger partial charge in [-0.05, 0) is 79.6 Å². The third-order valence-electron chi connectivity index (χ3n) is 5.61. The summed E-state index contributed by atoms with van der Waals surface area (Å²) >= 11 is 0. The van der Waals surface area contributed by atoms with Crippen molar-refractivity contribution in [2.75, 3.05) is 23.3 Å². The lowest BCUT2D eigenvalue weighted by Gasteiger charge is -2.24. The quantitative estimate of drug-likeness (QED) is 0.327. The first-order chi connectivity index (χ1) is 15.6. The molecule has 168 valence electrons. The molecular formula is C28H34N2O2. The van der Waals surface area contributed by atoms with Crippen molar-refractivity contribution in [2.45, 2.75) is 46.0 Å². The molecule has 3 aromatic rings. The molecule has 0 spiro atoms. The van der Waals surface area contributed by atoms with Crippen molar-refractivity contribution in [1.82, 2.24) is 0 Å². The van der Waals surface area contributed by atoms with Crippen molar-refractivity contribution in [3.63, 3.8) is 0 Å². The summed E-state index contributed by atoms with van der Waals surface area (Å²) in [5.74, 6) is -0.929. The van der Waals surface area contributed by atoms with E-state index in [0.29, 0.717) is 5.69 Å². The standard InChI is InChI=1S/C28H34N2O2/c1-3-20-30(21-4-2)25-18-14-23(15-19-25)9-7-8-22-12-16-24(17-13-22)29-27-11-6-5-10-26(27)28(31)32/h5-6,10-19,29H,3-4,7-9,20-21H2,1-2H3,(H,31,32). The van der Waals surface area contributed by atoms with Crippen molar-refractivity contribution in [3.05, 3.63) is 89.5 Å². The summed E-state index contributed by atoms with van der Waals surface area (Å²) in [4.78, 5) is 13.8. The number of nitrogens with zero attached hydrogens (tertiary/aromatic N) is 1. The summed E-state index contributed by atoms with van der Waals surface area (Å²) in [6.07, 6.45) is 5.52. The number of hydrogen-bond acceptors (Lipinski definition) is 3. The molecule has 0 bridgehead atoms. The highest BCUT2D eigenvalue weighted by Gasteiger charge is 2.09. The molecule has 0 radical (unpaired) electrons. The Hall–Kier alpha value is -3.27. The monoisotopic (exact) mass is 430 g/mol. The zero-order valence-electron chi connectivity index (χ0n) is 19.2. The number of carboxylic acid groups (broad SMARTS) is 1. The Labute approximate surface area is 191 Å². The van der Waals surface area contributed by atoms with Crippen LogP contribution < -0.4 is 10.2 Å². The normalized spacial score (nSPS) is 10.7. The Morgan fingerprint density at radius 1 is 0.812 bits per heavy atom. The lowest BCUT2D eigenvalue weighted by molar-refractivity contribution is 0.0698. The number of anilines is 3. The van der Waals surface area contributed by atoms with Crippen LogP contribution in [-0.4, -0.2) is 24.2 Å². The molecule has 0 saturated carbocycles. The maximum atomic E-state index is 11.4. The Balaban J connectivity index is 1.51. The first-order valence-corrected chi connectivity index (χ1v) is 11.6. The maximum Gasteiger partial charge on any atom is 0.337 e. The van der Waals surface area contributed by atoms with E-state index in [1.54, 1.807) is 18.2 Å². The van der Waals surface area contributed by atoms with Crippen LogP contribution in [0.1, 0.15) is 54.6 Å². The van der Waals surface area contributed by atoms with Crippen molar-refractivity contribution < 1.29 is 9.90 Å². The van der Waals surface area contributed by atoms with E-state index in [9.17, 15) is 9.90 Å². The summed E-state index contributed by atoms with van der Waals surface area (Å²) in [6.45, 7) is 6.68. The van der Waals surface area contributed by atoms with Crippen LogP contribution in [0.5, 0.6) is 0 Å². The first kappa shape index (κ1) is 23.4. The molecule has 0 aliphatic rings. The third-order valence-corrected chi connectivity index (χ3v) is 5.61. The number of aryl methyl sites for hydroxylation is 2. The van der Waals surface area contributed by atoms with Crippen LogP contribution >= 0.6 is 0 Å². The highest BCUT2D eigenvalue weighted by molar-refractivity contribution is 5.95. The van der Waals surface area contributed by atoms with E-state index in [0.717, 1.165) is 38.0 Å². The Morgan fingerprint density at radius 3 is 1.94 bits per heavy atom. The van der Waals surface area contributed by atoms with Gasteiger partial charge in [0.2, 0.25) is 0 Å². The second kappa shape index (κ2) is 11.9. The summed E-state index contributed by atoms with van der Waals surface area (Å²) in [6, 6.07) is 24.3. The number of carbonyl (C=O) groups is 1. The van der Waals surface area contributed by atoms with Gasteiger partial charge in [0.1, 0.15) is 0 Å². The van der Waals surface area contributed by atoms with Gasteiger partial charge in [0, 0.05) is 24.5 Å². The molecule has 4 heteroatoms. The third kappa shape index (κ3) is 6.61. The summed E-state index contributed by atoms with van der Waals surface area (Å²) < 4.78 is 0. The molecule has 32 heavy (non-hydrogen) atoms. The SMILES string of the molecule is CCCN(CCC)c1ccc(CCCc2ccc(Nc3ccccc3C(=O)O)cc2)cc1. The number of hydrogen-bond donors (Lipinski definition) is 2. The number of aromatic carboxylic acids is 1. The number of nitrogens with one attached hydrogen (secondary N) is 1. The van der Waals surface area contributed by atoms with Gasteiger partial charge in [-0.15, -0.1) is 0 Å². The molecule has 0 heterocycles. The van der Waals surface area contributed by atoms with Gasteiger partial charge in [-0.25, -0.2) is 4.79 Å². The van der Waals surface area contributed by atoms with Gasteiger partial charge in [0.15, 0.2) is 0 Å². The van der Waals surface area contributed by atoms with Gasteiger partial charge in [-0.2, -0.15) is 0 Å². The van der Waals surface area contributed by atoms with E-state index in [1.165, 1.54) is 29.7 Å². The van der Waals surface area contributed by atoms with E-state index in [2.05, 4.69) is 60.5 Å². The highest BCUT2D eigenvalue weighted by Crippen LogP contribution is 2.22. The largest absolute Gasteiger partial charge is 0.478 e. The first-order valence-electron chi connectivity index (χ1n) is 11.6. The lowest BCUT2D eigenvalue weighted by atomic mass is 10.0. The molecule has 0 aliphatic carbocycles. The van der Waals surface area contributed by atoms with Crippen molar-refractivity contribution in [3.8, 4) is 0 Å². The molecule has 0 amide bonds. The van der Waals surface area contributed by atoms with Crippen LogP contribution in [0.4, 0.5) is 17.1 Å². The molecule has 0 saturated heterocycles. The summed E-state index contributed by atoms with van der Waals surface area (Å²) in [7, 11) is 0. The van der Waals surface area contributed by atoms with Gasteiger partial charge >= 0.3 is 5.97 Å². The average molecular weight is 431 g/mol. The highest BCUT2D eigenvalue weighted by atomic mass is 16.4. The Kier molecular flexibility index (Phi) is 8.73. The van der Waals surface area contributed by atoms with Crippen LogP contribution in [0.2, 0.25) is 0 Å². The second-order valence-electron chi connectivity index (χ2n) is 8.18. The smallest absolute Gasteiger partial charge is 0.337 e. The zero-order valence-corrected chi connectivity index (χ0v) is 19.2. The fourth-order valence-corrected chi connectivity index (χ4v) is 3.97. The van der Waals surface area contributed by atoms with Crippen LogP contribution in [0.25, 0.3) is 0 Å². The van der Waals surface area contributed by atoms with Gasteiger partial charge in [-0.3, -0.25) is 0 Å². The van der Waals surface area contributed by atoms with E-state index in [-0.39, 0.29) is 5.56 Å². The number of carboxylic acids is 1. The van der Waals surface area contributed by atoms with Gasteiger partial charge in [0.25, 0.3) is 0 Å². The zero-order chi connectivity index (χ0) is 22.8. The van der Waals surface area contributed by atoms with Crippen LogP contribution in [0.15, 0.2) is 72.8 Å². The minimum Gasteiger partial charge on any atom is -0.478 e. The van der Waals surface area contributed by atoms with Crippen LogP contribution in [0, 0.1) is 0 Å². The lowest BCUT2D eigenvalue weighted by Crippen LogP contribution is -2.24. The molecule has 0 unspecified atom stereocenters. The molecule has 3 rings (SSSR count). The van der Waals surface area contributed by atoms with E-state index >= 15 is 0 Å². The van der Waals surface area contributed by atoms with E-state index in [1.807, 2.05) is 18.2 Å². The molecule has 3 aromatic carbocycles. The molecule has 2 N–H and O–H groups in total. The number of benzene rings is 3. The molecule has 0 aliphatic heterocycles. The van der Waals surface area contributed by atoms with Gasteiger partial charge < -0.3 is 15.3 Å². The van der Waals surface area contributed by atoms with Crippen molar-refractivity contribution in [1.29, 1.82) is 0 Å².